The molecular weight excluding hydrogens is 206 g/mol. The van der Waals surface area contributed by atoms with E-state index in [1.165, 1.54) is 0 Å². The molecule has 2 fully saturated rings. The molecule has 5 nitrogen and oxygen atoms in total. The molecule has 0 aromatic rings. The maximum Gasteiger partial charge on any atom is 0.317 e. The number of hydrogen-bond donors (Lipinski definition) is 1. The highest BCUT2D eigenvalue weighted by Crippen LogP contribution is 2.18. The van der Waals surface area contributed by atoms with E-state index in [1.54, 1.807) is 4.90 Å². The number of carbonyl (C=O) groups is 2. The van der Waals surface area contributed by atoms with Gasteiger partial charge >= 0.3 is 6.03 Å². The second-order valence-electron chi connectivity index (χ2n) is 4.26. The summed E-state index contributed by atoms with van der Waals surface area (Å²) in [6.07, 6.45) is 2.40. The fourth-order valence-corrected chi connectivity index (χ4v) is 2.14. The smallest absolute Gasteiger partial charge is 0.317 e. The largest absolute Gasteiger partial charge is 0.340 e. The molecule has 2 heterocycles. The molecule has 3 amide bonds. The van der Waals surface area contributed by atoms with Crippen molar-refractivity contribution in [3.05, 3.63) is 12.7 Å². The van der Waals surface area contributed by atoms with Crippen LogP contribution in [0.5, 0.6) is 0 Å². The Labute approximate surface area is 95.1 Å². The van der Waals surface area contributed by atoms with Crippen LogP contribution in [-0.4, -0.2) is 54.5 Å². The molecule has 2 rings (SSSR count). The van der Waals surface area contributed by atoms with Crippen molar-refractivity contribution in [1.82, 2.24) is 15.1 Å². The topological polar surface area (TPSA) is 52.7 Å². The molecule has 0 aromatic heterocycles. The second-order valence-corrected chi connectivity index (χ2v) is 4.26. The molecule has 16 heavy (non-hydrogen) atoms. The Bertz CT molecular complexity index is 316. The minimum absolute atomic E-state index is 0.0214. The van der Waals surface area contributed by atoms with Gasteiger partial charge in [0.25, 0.3) is 0 Å². The van der Waals surface area contributed by atoms with Crippen molar-refractivity contribution in [3.63, 3.8) is 0 Å². The Morgan fingerprint density at radius 2 is 2.12 bits per heavy atom. The molecule has 1 N–H and O–H groups in total. The highest BCUT2D eigenvalue weighted by atomic mass is 16.2. The normalized spacial score (nSPS) is 25.1. The quantitative estimate of drug-likeness (QED) is 0.684. The second kappa shape index (κ2) is 4.55. The van der Waals surface area contributed by atoms with Crippen LogP contribution >= 0.6 is 0 Å². The van der Waals surface area contributed by atoms with E-state index in [-0.39, 0.29) is 17.9 Å². The third-order valence-corrected chi connectivity index (χ3v) is 3.16. The molecule has 5 heteroatoms. The third kappa shape index (κ3) is 2.18. The number of nitrogens with one attached hydrogen (secondary N) is 1. The summed E-state index contributed by atoms with van der Waals surface area (Å²) in [6, 6.07) is -0.0214. The summed E-state index contributed by atoms with van der Waals surface area (Å²) in [7, 11) is 0. The van der Waals surface area contributed by atoms with Gasteiger partial charge in [-0.2, -0.15) is 0 Å². The zero-order valence-electron chi connectivity index (χ0n) is 9.32. The molecule has 2 aliphatic heterocycles. The Morgan fingerprint density at radius 1 is 1.38 bits per heavy atom. The van der Waals surface area contributed by atoms with Gasteiger partial charge < -0.3 is 15.1 Å². The molecular formula is C11H17N3O2. The van der Waals surface area contributed by atoms with Crippen molar-refractivity contribution in [1.29, 1.82) is 0 Å². The molecule has 0 bridgehead atoms. The van der Waals surface area contributed by atoms with Crippen LogP contribution in [0, 0.1) is 5.92 Å². The molecule has 2 aliphatic rings. The van der Waals surface area contributed by atoms with Gasteiger partial charge in [0.15, 0.2) is 0 Å². The molecule has 2 saturated heterocycles. The average Bonchev–Trinajstić information content (AvgIpc) is 2.82. The molecule has 1 unspecified atom stereocenters. The first kappa shape index (κ1) is 11.0. The van der Waals surface area contributed by atoms with E-state index in [4.69, 9.17) is 0 Å². The Balaban J connectivity index is 1.80. The van der Waals surface area contributed by atoms with Crippen LogP contribution in [0.2, 0.25) is 0 Å². The van der Waals surface area contributed by atoms with Crippen LogP contribution in [0.3, 0.4) is 0 Å². The summed E-state index contributed by atoms with van der Waals surface area (Å²) < 4.78 is 0. The van der Waals surface area contributed by atoms with E-state index in [0.717, 1.165) is 13.1 Å². The summed E-state index contributed by atoms with van der Waals surface area (Å²) in [5.41, 5.74) is 0. The van der Waals surface area contributed by atoms with E-state index >= 15 is 0 Å². The summed E-state index contributed by atoms with van der Waals surface area (Å²) >= 11 is 0. The number of amides is 3. The van der Waals surface area contributed by atoms with Crippen molar-refractivity contribution < 1.29 is 9.59 Å². The Hall–Kier alpha value is -1.52. The maximum atomic E-state index is 11.6. The number of hydrogen-bond acceptors (Lipinski definition) is 2. The molecule has 0 spiro atoms. The van der Waals surface area contributed by atoms with Crippen LogP contribution in [0.4, 0.5) is 4.79 Å². The fraction of sp³-hybridized carbons (Fsp3) is 0.636. The van der Waals surface area contributed by atoms with Crippen molar-refractivity contribution in [2.45, 2.75) is 6.42 Å². The van der Waals surface area contributed by atoms with Crippen LogP contribution in [0.1, 0.15) is 6.42 Å². The minimum atomic E-state index is -0.0214. The Morgan fingerprint density at radius 3 is 2.69 bits per heavy atom. The van der Waals surface area contributed by atoms with E-state index < -0.39 is 0 Å². The van der Waals surface area contributed by atoms with Gasteiger partial charge in [0.2, 0.25) is 5.91 Å². The first-order chi connectivity index (χ1) is 7.70. The first-order valence-electron chi connectivity index (χ1n) is 5.64. The van der Waals surface area contributed by atoms with Crippen LogP contribution in [0.25, 0.3) is 0 Å². The van der Waals surface area contributed by atoms with E-state index in [9.17, 15) is 9.59 Å². The van der Waals surface area contributed by atoms with Gasteiger partial charge in [-0.15, -0.1) is 6.58 Å². The van der Waals surface area contributed by atoms with E-state index in [0.29, 0.717) is 26.1 Å². The van der Waals surface area contributed by atoms with Gasteiger partial charge in [-0.05, 0) is 0 Å². The highest BCUT2D eigenvalue weighted by Gasteiger charge is 2.28. The monoisotopic (exact) mass is 223 g/mol. The minimum Gasteiger partial charge on any atom is -0.340 e. The number of rotatable bonds is 4. The molecule has 0 aromatic carbocycles. The van der Waals surface area contributed by atoms with Crippen LogP contribution in [0.15, 0.2) is 12.7 Å². The number of carbonyl (C=O) groups excluding carboxylic acids is 2. The summed E-state index contributed by atoms with van der Waals surface area (Å²) in [4.78, 5) is 26.4. The first-order valence-corrected chi connectivity index (χ1v) is 5.64. The Kier molecular flexibility index (Phi) is 3.12. The van der Waals surface area contributed by atoms with Gasteiger partial charge in [-0.3, -0.25) is 4.79 Å². The van der Waals surface area contributed by atoms with Crippen molar-refractivity contribution >= 4 is 11.9 Å². The molecule has 88 valence electrons. The van der Waals surface area contributed by atoms with Gasteiger partial charge in [0.1, 0.15) is 0 Å². The third-order valence-electron chi connectivity index (χ3n) is 3.16. The van der Waals surface area contributed by atoms with Crippen molar-refractivity contribution in [3.8, 4) is 0 Å². The van der Waals surface area contributed by atoms with Gasteiger partial charge in [-0.25, -0.2) is 4.79 Å². The summed E-state index contributed by atoms with van der Waals surface area (Å²) in [5, 5.41) is 2.74. The molecule has 0 saturated carbocycles. The summed E-state index contributed by atoms with van der Waals surface area (Å²) in [5.74, 6) is 0.449. The van der Waals surface area contributed by atoms with Crippen LogP contribution in [-0.2, 0) is 4.79 Å². The average molecular weight is 223 g/mol. The molecule has 0 aliphatic carbocycles. The molecule has 1 atom stereocenters. The lowest BCUT2D eigenvalue weighted by Crippen LogP contribution is -2.37. The standard InChI is InChI=1S/C11H17N3O2/c1-2-9-7-10(15)14(8-9)6-5-13-4-3-12-11(13)16/h2,9H,1,3-8H2,(H,12,16). The zero-order chi connectivity index (χ0) is 11.5. The predicted octanol–water partition coefficient (Wildman–Crippen LogP) is 0.0461. The number of nitrogens with zero attached hydrogens (tertiary/aromatic N) is 2. The lowest BCUT2D eigenvalue weighted by molar-refractivity contribution is -0.127. The van der Waals surface area contributed by atoms with Gasteiger partial charge in [0.05, 0.1) is 0 Å². The van der Waals surface area contributed by atoms with E-state index in [2.05, 4.69) is 11.9 Å². The lowest BCUT2D eigenvalue weighted by atomic mass is 10.1. The zero-order valence-corrected chi connectivity index (χ0v) is 9.32. The number of urea groups is 1. The molecule has 0 radical (unpaired) electrons. The van der Waals surface area contributed by atoms with Crippen molar-refractivity contribution in [2.75, 3.05) is 32.7 Å². The number of likely N-dealkylation sites (tertiary alicyclic amines) is 1. The highest BCUT2D eigenvalue weighted by molar-refractivity contribution is 5.79. The summed E-state index contributed by atoms with van der Waals surface area (Å²) in [6.45, 7) is 7.17. The van der Waals surface area contributed by atoms with Crippen molar-refractivity contribution in [2.24, 2.45) is 5.92 Å². The lowest BCUT2D eigenvalue weighted by Gasteiger charge is -2.20. The van der Waals surface area contributed by atoms with Gasteiger partial charge in [0, 0.05) is 45.1 Å². The SMILES string of the molecule is C=CC1CC(=O)N(CCN2CCNC2=O)C1. The van der Waals surface area contributed by atoms with Gasteiger partial charge in [-0.1, -0.05) is 6.08 Å². The van der Waals surface area contributed by atoms with Crippen LogP contribution < -0.4 is 5.32 Å². The van der Waals surface area contributed by atoms with E-state index in [1.807, 2.05) is 11.0 Å². The maximum absolute atomic E-state index is 11.6. The predicted molar refractivity (Wildman–Crippen MR) is 59.9 cm³/mol. The fourth-order valence-electron chi connectivity index (χ4n) is 2.14.